The number of amidine groups is 1. The smallest absolute Gasteiger partial charge is 0.411 e. The van der Waals surface area contributed by atoms with E-state index in [1.54, 1.807) is 66.7 Å². The first kappa shape index (κ1) is 24.0. The van der Waals surface area contributed by atoms with Crippen LogP contribution in [0.5, 0.6) is 0 Å². The van der Waals surface area contributed by atoms with E-state index in [9.17, 15) is 18.0 Å². The quantitative estimate of drug-likeness (QED) is 0.458. The summed E-state index contributed by atoms with van der Waals surface area (Å²) in [6.45, 7) is 4.19. The van der Waals surface area contributed by atoms with E-state index >= 15 is 0 Å². The zero-order valence-corrected chi connectivity index (χ0v) is 19.9. The Morgan fingerprint density at radius 1 is 0.886 bits per heavy atom. The van der Waals surface area contributed by atoms with Crippen molar-refractivity contribution in [2.24, 2.45) is 10.3 Å². The molecule has 0 saturated carbocycles. The predicted molar refractivity (Wildman–Crippen MR) is 134 cm³/mol. The van der Waals surface area contributed by atoms with Crippen LogP contribution in [-0.4, -0.2) is 32.9 Å². The topological polar surface area (TPSA) is 126 Å². The van der Waals surface area contributed by atoms with Gasteiger partial charge in [0.15, 0.2) is 5.84 Å². The van der Waals surface area contributed by atoms with Gasteiger partial charge in [0.2, 0.25) is 0 Å². The Bertz CT molecular complexity index is 1400. The number of hydrogen-bond donors (Lipinski definition) is 3. The van der Waals surface area contributed by atoms with Crippen LogP contribution in [0.15, 0.2) is 82.1 Å². The average Bonchev–Trinajstić information content (AvgIpc) is 3.08. The number of fused-ring (bicyclic) bond motifs is 1. The first-order valence-corrected chi connectivity index (χ1v) is 12.3. The number of amides is 2. The van der Waals surface area contributed by atoms with Gasteiger partial charge in [0.25, 0.3) is 15.9 Å². The van der Waals surface area contributed by atoms with Crippen LogP contribution in [0.1, 0.15) is 29.8 Å². The lowest BCUT2D eigenvalue weighted by Crippen LogP contribution is -2.17. The second-order valence-electron chi connectivity index (χ2n) is 8.27. The van der Waals surface area contributed by atoms with E-state index in [-0.39, 0.29) is 22.6 Å². The summed E-state index contributed by atoms with van der Waals surface area (Å²) in [4.78, 5) is 24.7. The SMILES string of the molecule is CC(C)COC(=O)Nc1cccc(NC(=O)c2ccc(NC3=NS(=O)(=O)c4ccccc43)cc2)c1. The van der Waals surface area contributed by atoms with Crippen molar-refractivity contribution in [3.8, 4) is 0 Å². The highest BCUT2D eigenvalue weighted by molar-refractivity contribution is 7.90. The van der Waals surface area contributed by atoms with Gasteiger partial charge in [0.05, 0.1) is 6.61 Å². The number of hydrogen-bond acceptors (Lipinski definition) is 6. The van der Waals surface area contributed by atoms with Crippen molar-refractivity contribution in [3.63, 3.8) is 0 Å². The first-order chi connectivity index (χ1) is 16.7. The first-order valence-electron chi connectivity index (χ1n) is 10.9. The van der Waals surface area contributed by atoms with E-state index in [1.165, 1.54) is 6.07 Å². The highest BCUT2D eigenvalue weighted by Crippen LogP contribution is 2.27. The van der Waals surface area contributed by atoms with Gasteiger partial charge in [0.1, 0.15) is 4.90 Å². The lowest BCUT2D eigenvalue weighted by molar-refractivity contribution is 0.102. The number of benzene rings is 3. The molecule has 0 spiro atoms. The molecule has 0 radical (unpaired) electrons. The van der Waals surface area contributed by atoms with Crippen LogP contribution in [0.3, 0.4) is 0 Å². The lowest BCUT2D eigenvalue weighted by atomic mass is 10.1. The summed E-state index contributed by atoms with van der Waals surface area (Å²) in [5, 5.41) is 8.41. The summed E-state index contributed by atoms with van der Waals surface area (Å²) in [7, 11) is -3.72. The standard InChI is InChI=1S/C25H24N4O5S/c1-16(2)15-34-25(31)28-20-7-5-6-19(14-20)27-24(30)17-10-12-18(13-11-17)26-23-21-8-3-4-9-22(21)35(32,33)29-23/h3-14,16H,15H2,1-2H3,(H,26,29)(H,27,30)(H,28,31). The number of sulfonamides is 1. The Kier molecular flexibility index (Phi) is 6.83. The molecule has 9 nitrogen and oxygen atoms in total. The Labute approximate surface area is 203 Å². The van der Waals surface area contributed by atoms with Crippen molar-refractivity contribution in [2.75, 3.05) is 22.6 Å². The van der Waals surface area contributed by atoms with Gasteiger partial charge in [-0.05, 0) is 60.5 Å². The van der Waals surface area contributed by atoms with Gasteiger partial charge >= 0.3 is 6.09 Å². The zero-order valence-electron chi connectivity index (χ0n) is 19.1. The summed E-state index contributed by atoms with van der Waals surface area (Å²) in [5.74, 6) is 0.110. The minimum Gasteiger partial charge on any atom is -0.449 e. The number of rotatable bonds is 6. The van der Waals surface area contributed by atoms with E-state index in [4.69, 9.17) is 4.74 Å². The third-order valence-corrected chi connectivity index (χ3v) is 6.29. The molecular weight excluding hydrogens is 468 g/mol. The van der Waals surface area contributed by atoms with Crippen LogP contribution in [0.2, 0.25) is 0 Å². The Morgan fingerprint density at radius 2 is 1.57 bits per heavy atom. The van der Waals surface area contributed by atoms with Crippen molar-refractivity contribution in [1.29, 1.82) is 0 Å². The molecule has 2 amide bonds. The van der Waals surface area contributed by atoms with Crippen molar-refractivity contribution in [2.45, 2.75) is 18.7 Å². The normalized spacial score (nSPS) is 13.5. The second-order valence-corrected chi connectivity index (χ2v) is 9.84. The number of ether oxygens (including phenoxy) is 1. The largest absolute Gasteiger partial charge is 0.449 e. The monoisotopic (exact) mass is 492 g/mol. The third kappa shape index (κ3) is 5.85. The maximum atomic E-state index is 12.7. The molecule has 10 heteroatoms. The van der Waals surface area contributed by atoms with Gasteiger partial charge in [0, 0.05) is 28.2 Å². The van der Waals surface area contributed by atoms with Crippen LogP contribution in [0.25, 0.3) is 0 Å². The highest BCUT2D eigenvalue weighted by atomic mass is 32.2. The van der Waals surface area contributed by atoms with Gasteiger partial charge in [-0.15, -0.1) is 4.40 Å². The van der Waals surface area contributed by atoms with Gasteiger partial charge < -0.3 is 15.4 Å². The van der Waals surface area contributed by atoms with Crippen molar-refractivity contribution in [3.05, 3.63) is 83.9 Å². The van der Waals surface area contributed by atoms with E-state index in [0.717, 1.165) is 0 Å². The van der Waals surface area contributed by atoms with Crippen LogP contribution < -0.4 is 16.0 Å². The molecule has 0 aromatic heterocycles. The molecule has 180 valence electrons. The number of anilines is 3. The van der Waals surface area contributed by atoms with E-state index in [0.29, 0.717) is 34.8 Å². The molecule has 1 aliphatic heterocycles. The fraction of sp³-hybridized carbons (Fsp3) is 0.160. The predicted octanol–water partition coefficient (Wildman–Crippen LogP) is 4.70. The molecule has 1 heterocycles. The third-order valence-electron chi connectivity index (χ3n) is 4.96. The number of carbonyl (C=O) groups excluding carboxylic acids is 2. The molecular formula is C25H24N4O5S. The lowest BCUT2D eigenvalue weighted by Gasteiger charge is -2.11. The van der Waals surface area contributed by atoms with Gasteiger partial charge in [-0.2, -0.15) is 8.42 Å². The fourth-order valence-electron chi connectivity index (χ4n) is 3.31. The number of nitrogens with zero attached hydrogens (tertiary/aromatic N) is 1. The summed E-state index contributed by atoms with van der Waals surface area (Å²) in [6.07, 6.45) is -0.562. The van der Waals surface area contributed by atoms with Crippen LogP contribution in [-0.2, 0) is 14.8 Å². The summed E-state index contributed by atoms with van der Waals surface area (Å²) in [6, 6.07) is 19.8. The molecule has 0 bridgehead atoms. The molecule has 35 heavy (non-hydrogen) atoms. The Morgan fingerprint density at radius 3 is 2.29 bits per heavy atom. The molecule has 0 unspecified atom stereocenters. The fourth-order valence-corrected chi connectivity index (χ4v) is 4.49. The maximum absolute atomic E-state index is 12.7. The molecule has 0 aliphatic carbocycles. The molecule has 0 saturated heterocycles. The van der Waals surface area contributed by atoms with Gasteiger partial charge in [-0.3, -0.25) is 10.1 Å². The minimum absolute atomic E-state index is 0.156. The van der Waals surface area contributed by atoms with Gasteiger partial charge in [-0.25, -0.2) is 4.79 Å². The van der Waals surface area contributed by atoms with Gasteiger partial charge in [-0.1, -0.05) is 32.0 Å². The second kappa shape index (κ2) is 9.98. The van der Waals surface area contributed by atoms with Crippen molar-refractivity contribution in [1.82, 2.24) is 0 Å². The van der Waals surface area contributed by atoms with Crippen LogP contribution in [0.4, 0.5) is 21.9 Å². The highest BCUT2D eigenvalue weighted by Gasteiger charge is 2.28. The van der Waals surface area contributed by atoms with Crippen LogP contribution >= 0.6 is 0 Å². The average molecular weight is 493 g/mol. The summed E-state index contributed by atoms with van der Waals surface area (Å²) in [5.41, 5.74) is 2.46. The molecule has 1 aliphatic rings. The molecule has 3 aromatic carbocycles. The van der Waals surface area contributed by atoms with Crippen molar-refractivity contribution < 1.29 is 22.7 Å². The molecule has 3 N–H and O–H groups in total. The molecule has 3 aromatic rings. The Balaban J connectivity index is 1.39. The number of nitrogens with one attached hydrogen (secondary N) is 3. The molecule has 0 atom stereocenters. The minimum atomic E-state index is -3.72. The van der Waals surface area contributed by atoms with E-state index < -0.39 is 16.1 Å². The zero-order chi connectivity index (χ0) is 25.0. The summed E-state index contributed by atoms with van der Waals surface area (Å²) < 4.78 is 33.3. The summed E-state index contributed by atoms with van der Waals surface area (Å²) >= 11 is 0. The molecule has 0 fully saturated rings. The van der Waals surface area contributed by atoms with E-state index in [1.807, 2.05) is 13.8 Å². The maximum Gasteiger partial charge on any atom is 0.411 e. The van der Waals surface area contributed by atoms with E-state index in [2.05, 4.69) is 20.3 Å². The molecule has 4 rings (SSSR count). The van der Waals surface area contributed by atoms with Crippen molar-refractivity contribution >= 4 is 44.9 Å². The van der Waals surface area contributed by atoms with Crippen LogP contribution in [0, 0.1) is 5.92 Å². The Hall–Kier alpha value is -4.18. The number of carbonyl (C=O) groups is 2.